The van der Waals surface area contributed by atoms with E-state index in [1.54, 1.807) is 0 Å². The molecule has 0 aromatic carbocycles. The Balaban J connectivity index is 2.65. The minimum atomic E-state index is -0.0243. The topological polar surface area (TPSA) is 15.3 Å². The predicted octanol–water partition coefficient (Wildman–Crippen LogP) is 1.73. The molecule has 1 N–H and O–H groups in total. The lowest BCUT2D eigenvalue weighted by Crippen LogP contribution is -2.55. The van der Waals surface area contributed by atoms with Crippen LogP contribution in [0.2, 0.25) is 0 Å². The highest BCUT2D eigenvalue weighted by Gasteiger charge is 2.27. The maximum Gasteiger partial charge on any atom is 0.117 e. The number of hydrogen-bond acceptors (Lipinski definition) is 2. The second-order valence-electron chi connectivity index (χ2n) is 3.70. The molecule has 2 nitrogen and oxygen atoms in total. The molecule has 0 radical (unpaired) electrons. The van der Waals surface area contributed by atoms with Crippen molar-refractivity contribution in [3.63, 3.8) is 0 Å². The summed E-state index contributed by atoms with van der Waals surface area (Å²) < 4.78 is 0. The normalized spacial score (nSPS) is 27.5. The van der Waals surface area contributed by atoms with E-state index < -0.39 is 0 Å². The molecule has 0 bridgehead atoms. The van der Waals surface area contributed by atoms with Gasteiger partial charge in [-0.3, -0.25) is 0 Å². The standard InChI is InChI=1S/C8H15ClN2/c1-8(2,3)11-7(9)5-4-6-10-11/h4-5,7,10H,6H2,1-3H3. The number of alkyl halides is 1. The van der Waals surface area contributed by atoms with Gasteiger partial charge in [0.05, 0.1) is 0 Å². The van der Waals surface area contributed by atoms with Crippen LogP contribution in [0.25, 0.3) is 0 Å². The zero-order valence-corrected chi connectivity index (χ0v) is 8.02. The van der Waals surface area contributed by atoms with Crippen LogP contribution in [-0.2, 0) is 0 Å². The zero-order chi connectivity index (χ0) is 8.48. The summed E-state index contributed by atoms with van der Waals surface area (Å²) >= 11 is 6.04. The van der Waals surface area contributed by atoms with Gasteiger partial charge in [-0.25, -0.2) is 10.4 Å². The van der Waals surface area contributed by atoms with Gasteiger partial charge in [0.2, 0.25) is 0 Å². The maximum absolute atomic E-state index is 6.04. The molecule has 0 fully saturated rings. The van der Waals surface area contributed by atoms with E-state index in [0.717, 1.165) is 6.54 Å². The fourth-order valence-corrected chi connectivity index (χ4v) is 1.58. The van der Waals surface area contributed by atoms with Crippen molar-refractivity contribution in [2.24, 2.45) is 0 Å². The summed E-state index contributed by atoms with van der Waals surface area (Å²) in [6, 6.07) is 0. The Kier molecular flexibility index (Phi) is 2.58. The molecule has 0 spiro atoms. The Bertz CT molecular complexity index is 160. The van der Waals surface area contributed by atoms with Crippen LogP contribution in [0.5, 0.6) is 0 Å². The van der Waals surface area contributed by atoms with E-state index in [1.165, 1.54) is 0 Å². The van der Waals surface area contributed by atoms with Gasteiger partial charge in [-0.15, -0.1) is 0 Å². The van der Waals surface area contributed by atoms with Gasteiger partial charge in [-0.2, -0.15) is 0 Å². The molecule has 0 amide bonds. The summed E-state index contributed by atoms with van der Waals surface area (Å²) in [7, 11) is 0. The van der Waals surface area contributed by atoms with Gasteiger partial charge in [0.25, 0.3) is 0 Å². The third kappa shape index (κ3) is 2.19. The Hall–Kier alpha value is -0.0500. The van der Waals surface area contributed by atoms with Crippen molar-refractivity contribution in [2.45, 2.75) is 31.8 Å². The number of halogens is 1. The van der Waals surface area contributed by atoms with E-state index in [2.05, 4.69) is 31.2 Å². The van der Waals surface area contributed by atoms with Crippen LogP contribution >= 0.6 is 11.6 Å². The van der Waals surface area contributed by atoms with Gasteiger partial charge >= 0.3 is 0 Å². The van der Waals surface area contributed by atoms with Gasteiger partial charge in [0, 0.05) is 12.1 Å². The van der Waals surface area contributed by atoms with E-state index in [1.807, 2.05) is 12.2 Å². The molecule has 3 heteroatoms. The first kappa shape index (κ1) is 9.04. The van der Waals surface area contributed by atoms with Crippen molar-refractivity contribution in [2.75, 3.05) is 6.54 Å². The monoisotopic (exact) mass is 174 g/mol. The fourth-order valence-electron chi connectivity index (χ4n) is 1.11. The largest absolute Gasteiger partial charge is 0.249 e. The second kappa shape index (κ2) is 3.13. The summed E-state index contributed by atoms with van der Waals surface area (Å²) in [5, 5.41) is 2.05. The van der Waals surface area contributed by atoms with Crippen molar-refractivity contribution in [1.82, 2.24) is 10.4 Å². The lowest BCUT2D eigenvalue weighted by Gasteiger charge is -2.39. The number of hydrogen-bond donors (Lipinski definition) is 1. The number of rotatable bonds is 0. The average Bonchev–Trinajstić information content (AvgIpc) is 1.86. The minimum Gasteiger partial charge on any atom is -0.249 e. The Morgan fingerprint density at radius 2 is 2.18 bits per heavy atom. The summed E-state index contributed by atoms with van der Waals surface area (Å²) in [5.74, 6) is 0. The van der Waals surface area contributed by atoms with Crippen LogP contribution in [0, 0.1) is 0 Å². The molecule has 0 aliphatic carbocycles. The van der Waals surface area contributed by atoms with Crippen LogP contribution in [0.4, 0.5) is 0 Å². The lowest BCUT2D eigenvalue weighted by atomic mass is 10.1. The summed E-state index contributed by atoms with van der Waals surface area (Å²) in [6.07, 6.45) is 4.04. The van der Waals surface area contributed by atoms with Gasteiger partial charge in [0.1, 0.15) is 5.50 Å². The van der Waals surface area contributed by atoms with Crippen LogP contribution in [-0.4, -0.2) is 22.6 Å². The van der Waals surface area contributed by atoms with E-state index in [9.17, 15) is 0 Å². The van der Waals surface area contributed by atoms with E-state index in [-0.39, 0.29) is 11.0 Å². The van der Waals surface area contributed by atoms with Crippen LogP contribution in [0.15, 0.2) is 12.2 Å². The highest BCUT2D eigenvalue weighted by atomic mass is 35.5. The molecule has 1 aliphatic heterocycles. The molecule has 1 unspecified atom stereocenters. The van der Waals surface area contributed by atoms with Crippen molar-refractivity contribution < 1.29 is 0 Å². The minimum absolute atomic E-state index is 0.0243. The predicted molar refractivity (Wildman–Crippen MR) is 48.4 cm³/mol. The molecule has 0 aromatic heterocycles. The van der Waals surface area contributed by atoms with Crippen molar-refractivity contribution in [1.29, 1.82) is 0 Å². The highest BCUT2D eigenvalue weighted by Crippen LogP contribution is 2.19. The number of nitrogens with one attached hydrogen (secondary N) is 1. The first-order valence-electron chi connectivity index (χ1n) is 3.85. The Morgan fingerprint density at radius 1 is 1.55 bits per heavy atom. The van der Waals surface area contributed by atoms with Crippen molar-refractivity contribution in [3.8, 4) is 0 Å². The molecule has 0 aromatic rings. The van der Waals surface area contributed by atoms with Gasteiger partial charge < -0.3 is 0 Å². The molecule has 11 heavy (non-hydrogen) atoms. The number of nitrogens with zero attached hydrogens (tertiary/aromatic N) is 1. The third-order valence-electron chi connectivity index (χ3n) is 1.64. The smallest absolute Gasteiger partial charge is 0.117 e. The Morgan fingerprint density at radius 3 is 2.55 bits per heavy atom. The molecule has 64 valence electrons. The average molecular weight is 175 g/mol. The molecule has 1 heterocycles. The molecule has 1 aliphatic rings. The maximum atomic E-state index is 6.04. The summed E-state index contributed by atoms with van der Waals surface area (Å²) in [5.41, 5.74) is 3.28. The zero-order valence-electron chi connectivity index (χ0n) is 7.26. The summed E-state index contributed by atoms with van der Waals surface area (Å²) in [6.45, 7) is 7.28. The lowest BCUT2D eigenvalue weighted by molar-refractivity contribution is 0.0721. The van der Waals surface area contributed by atoms with Crippen LogP contribution < -0.4 is 5.43 Å². The first-order chi connectivity index (χ1) is 5.02. The molecule has 0 saturated carbocycles. The van der Waals surface area contributed by atoms with E-state index in [4.69, 9.17) is 11.6 Å². The van der Waals surface area contributed by atoms with Gasteiger partial charge in [-0.05, 0) is 20.8 Å². The van der Waals surface area contributed by atoms with E-state index >= 15 is 0 Å². The quantitative estimate of drug-likeness (QED) is 0.342. The molecular formula is C8H15ClN2. The summed E-state index contributed by atoms with van der Waals surface area (Å²) in [4.78, 5) is 0. The highest BCUT2D eigenvalue weighted by molar-refractivity contribution is 6.21. The van der Waals surface area contributed by atoms with E-state index in [0.29, 0.717) is 0 Å². The third-order valence-corrected chi connectivity index (χ3v) is 1.98. The molecule has 1 rings (SSSR count). The molecule has 1 atom stereocenters. The molecular weight excluding hydrogens is 160 g/mol. The number of hydrazine groups is 1. The first-order valence-corrected chi connectivity index (χ1v) is 4.29. The SMILES string of the molecule is CC(C)(C)N1NCC=CC1Cl. The molecule has 0 saturated heterocycles. The Labute approximate surface area is 73.2 Å². The van der Waals surface area contributed by atoms with Gasteiger partial charge in [-0.1, -0.05) is 23.8 Å². The van der Waals surface area contributed by atoms with Gasteiger partial charge in [0.15, 0.2) is 0 Å². The van der Waals surface area contributed by atoms with Crippen molar-refractivity contribution in [3.05, 3.63) is 12.2 Å². The second-order valence-corrected chi connectivity index (χ2v) is 4.15. The fraction of sp³-hybridized carbons (Fsp3) is 0.750. The van der Waals surface area contributed by atoms with Crippen molar-refractivity contribution >= 4 is 11.6 Å². The van der Waals surface area contributed by atoms with Crippen LogP contribution in [0.1, 0.15) is 20.8 Å². The van der Waals surface area contributed by atoms with Crippen LogP contribution in [0.3, 0.4) is 0 Å².